The predicted molar refractivity (Wildman–Crippen MR) is 67.1 cm³/mol. The van der Waals surface area contributed by atoms with E-state index in [1.165, 1.54) is 19.5 Å². The lowest BCUT2D eigenvalue weighted by Gasteiger charge is -2.35. The molecular weight excluding hydrogens is 198 g/mol. The lowest BCUT2D eigenvalue weighted by atomic mass is 9.92. The third-order valence-electron chi connectivity index (χ3n) is 3.28. The van der Waals surface area contributed by atoms with E-state index in [-0.39, 0.29) is 6.04 Å². The summed E-state index contributed by atoms with van der Waals surface area (Å²) in [6.07, 6.45) is 2.30. The fraction of sp³-hybridized carbons (Fsp3) is 0.923. The molecular formula is C13H25N3. The minimum atomic E-state index is 0.0255. The molecule has 3 atom stereocenters. The van der Waals surface area contributed by atoms with E-state index in [1.807, 2.05) is 0 Å². The van der Waals surface area contributed by atoms with E-state index >= 15 is 0 Å². The molecule has 1 saturated heterocycles. The van der Waals surface area contributed by atoms with Gasteiger partial charge in [-0.3, -0.25) is 0 Å². The van der Waals surface area contributed by atoms with Gasteiger partial charge in [0.25, 0.3) is 0 Å². The van der Waals surface area contributed by atoms with Crippen LogP contribution in [-0.4, -0.2) is 37.1 Å². The van der Waals surface area contributed by atoms with Gasteiger partial charge >= 0.3 is 0 Å². The van der Waals surface area contributed by atoms with Crippen molar-refractivity contribution in [1.82, 2.24) is 10.2 Å². The van der Waals surface area contributed by atoms with Crippen LogP contribution in [0.2, 0.25) is 0 Å². The Labute approximate surface area is 99.8 Å². The first-order valence-electron chi connectivity index (χ1n) is 6.51. The van der Waals surface area contributed by atoms with E-state index in [0.717, 1.165) is 31.3 Å². The molecule has 3 heteroatoms. The molecule has 0 saturated carbocycles. The van der Waals surface area contributed by atoms with Crippen molar-refractivity contribution in [3.63, 3.8) is 0 Å². The molecule has 92 valence electrons. The van der Waals surface area contributed by atoms with E-state index < -0.39 is 0 Å². The van der Waals surface area contributed by atoms with Crippen molar-refractivity contribution in [1.29, 1.82) is 5.26 Å². The van der Waals surface area contributed by atoms with Gasteiger partial charge in [0.15, 0.2) is 0 Å². The van der Waals surface area contributed by atoms with Crippen molar-refractivity contribution >= 4 is 0 Å². The Morgan fingerprint density at radius 2 is 2.00 bits per heavy atom. The van der Waals surface area contributed by atoms with Gasteiger partial charge in [0.05, 0.1) is 12.1 Å². The van der Waals surface area contributed by atoms with Crippen LogP contribution in [0.15, 0.2) is 0 Å². The number of likely N-dealkylation sites (tertiary alicyclic amines) is 1. The molecule has 0 aliphatic carbocycles. The molecule has 0 aromatic carbocycles. The van der Waals surface area contributed by atoms with Gasteiger partial charge in [-0.25, -0.2) is 0 Å². The summed E-state index contributed by atoms with van der Waals surface area (Å²) in [7, 11) is 0. The first-order valence-corrected chi connectivity index (χ1v) is 6.51. The molecule has 1 heterocycles. The molecule has 1 rings (SSSR count). The van der Waals surface area contributed by atoms with Crippen molar-refractivity contribution < 1.29 is 0 Å². The molecule has 0 aromatic rings. The molecule has 0 radical (unpaired) electrons. The second-order valence-corrected chi connectivity index (χ2v) is 5.23. The lowest BCUT2D eigenvalue weighted by molar-refractivity contribution is 0.137. The summed E-state index contributed by atoms with van der Waals surface area (Å²) in [6.45, 7) is 11.0. The zero-order chi connectivity index (χ0) is 12.0. The molecule has 0 amide bonds. The highest BCUT2D eigenvalue weighted by Crippen LogP contribution is 2.20. The Morgan fingerprint density at radius 3 is 2.50 bits per heavy atom. The smallest absolute Gasteiger partial charge is 0.0965 e. The molecule has 1 fully saturated rings. The summed E-state index contributed by atoms with van der Waals surface area (Å²) in [4.78, 5) is 2.51. The molecule has 0 spiro atoms. The molecule has 1 aliphatic rings. The van der Waals surface area contributed by atoms with Crippen LogP contribution in [0.25, 0.3) is 0 Å². The second kappa shape index (κ2) is 6.88. The average molecular weight is 223 g/mol. The second-order valence-electron chi connectivity index (χ2n) is 5.23. The molecule has 1 aliphatic heterocycles. The van der Waals surface area contributed by atoms with E-state index in [4.69, 9.17) is 5.26 Å². The van der Waals surface area contributed by atoms with Crippen molar-refractivity contribution in [3.8, 4) is 6.07 Å². The quantitative estimate of drug-likeness (QED) is 0.773. The minimum absolute atomic E-state index is 0.0255. The van der Waals surface area contributed by atoms with Crippen LogP contribution in [-0.2, 0) is 0 Å². The van der Waals surface area contributed by atoms with E-state index in [0.29, 0.717) is 0 Å². The third-order valence-corrected chi connectivity index (χ3v) is 3.28. The van der Waals surface area contributed by atoms with Gasteiger partial charge in [0.2, 0.25) is 0 Å². The maximum Gasteiger partial charge on any atom is 0.0965 e. The Kier molecular flexibility index (Phi) is 5.79. The summed E-state index contributed by atoms with van der Waals surface area (Å²) in [6, 6.07) is 2.35. The van der Waals surface area contributed by atoms with Crippen molar-refractivity contribution in [3.05, 3.63) is 0 Å². The summed E-state index contributed by atoms with van der Waals surface area (Å²) in [5.41, 5.74) is 0. The molecule has 3 unspecified atom stereocenters. The number of nitrogens with one attached hydrogen (secondary N) is 1. The standard InChI is InChI=1S/C13H25N3/c1-4-15-13(8-14)5-6-16-9-11(2)7-12(3)10-16/h11-13,15H,4-7,9-10H2,1-3H3. The summed E-state index contributed by atoms with van der Waals surface area (Å²) in [5.74, 6) is 1.62. The fourth-order valence-corrected chi connectivity index (χ4v) is 2.74. The van der Waals surface area contributed by atoms with Crippen LogP contribution in [0.1, 0.15) is 33.6 Å². The van der Waals surface area contributed by atoms with Crippen LogP contribution in [0.5, 0.6) is 0 Å². The Bertz CT molecular complexity index is 224. The zero-order valence-electron chi connectivity index (χ0n) is 10.9. The SMILES string of the molecule is CCNC(C#N)CCN1CC(C)CC(C)C1. The third kappa shape index (κ3) is 4.51. The van der Waals surface area contributed by atoms with E-state index in [2.05, 4.69) is 37.1 Å². The minimum Gasteiger partial charge on any atom is -0.303 e. The average Bonchev–Trinajstić information content (AvgIpc) is 2.23. The first kappa shape index (κ1) is 13.5. The lowest BCUT2D eigenvalue weighted by Crippen LogP contribution is -2.41. The highest BCUT2D eigenvalue weighted by Gasteiger charge is 2.21. The maximum atomic E-state index is 8.96. The molecule has 0 aromatic heterocycles. The van der Waals surface area contributed by atoms with Crippen LogP contribution < -0.4 is 5.32 Å². The fourth-order valence-electron chi connectivity index (χ4n) is 2.74. The number of piperidine rings is 1. The summed E-state index contributed by atoms with van der Waals surface area (Å²) < 4.78 is 0. The highest BCUT2D eigenvalue weighted by molar-refractivity contribution is 4.90. The normalized spacial score (nSPS) is 28.6. The molecule has 0 bridgehead atoms. The van der Waals surface area contributed by atoms with Gasteiger partial charge < -0.3 is 10.2 Å². The maximum absolute atomic E-state index is 8.96. The number of hydrogen-bond donors (Lipinski definition) is 1. The summed E-state index contributed by atoms with van der Waals surface area (Å²) in [5, 5.41) is 12.2. The van der Waals surface area contributed by atoms with Crippen LogP contribution in [0, 0.1) is 23.2 Å². The molecule has 1 N–H and O–H groups in total. The Morgan fingerprint density at radius 1 is 1.38 bits per heavy atom. The Balaban J connectivity index is 2.28. The number of hydrogen-bond acceptors (Lipinski definition) is 3. The van der Waals surface area contributed by atoms with Crippen LogP contribution in [0.3, 0.4) is 0 Å². The zero-order valence-corrected chi connectivity index (χ0v) is 10.9. The van der Waals surface area contributed by atoms with Gasteiger partial charge in [0, 0.05) is 19.6 Å². The Hall–Kier alpha value is -0.590. The van der Waals surface area contributed by atoms with Crippen molar-refractivity contribution in [2.24, 2.45) is 11.8 Å². The topological polar surface area (TPSA) is 39.1 Å². The number of nitriles is 1. The van der Waals surface area contributed by atoms with Gasteiger partial charge in [-0.05, 0) is 31.2 Å². The van der Waals surface area contributed by atoms with Gasteiger partial charge in [-0.2, -0.15) is 5.26 Å². The van der Waals surface area contributed by atoms with Gasteiger partial charge in [-0.15, -0.1) is 0 Å². The largest absolute Gasteiger partial charge is 0.303 e. The van der Waals surface area contributed by atoms with E-state index in [9.17, 15) is 0 Å². The first-order chi connectivity index (χ1) is 7.65. The van der Waals surface area contributed by atoms with Gasteiger partial charge in [-0.1, -0.05) is 20.8 Å². The van der Waals surface area contributed by atoms with Gasteiger partial charge in [0.1, 0.15) is 0 Å². The van der Waals surface area contributed by atoms with Crippen molar-refractivity contribution in [2.45, 2.75) is 39.7 Å². The van der Waals surface area contributed by atoms with E-state index in [1.54, 1.807) is 0 Å². The number of nitrogens with zero attached hydrogens (tertiary/aromatic N) is 2. The van der Waals surface area contributed by atoms with Crippen LogP contribution in [0.4, 0.5) is 0 Å². The van der Waals surface area contributed by atoms with Crippen molar-refractivity contribution in [2.75, 3.05) is 26.2 Å². The number of rotatable bonds is 5. The molecule has 16 heavy (non-hydrogen) atoms. The summed E-state index contributed by atoms with van der Waals surface area (Å²) >= 11 is 0. The highest BCUT2D eigenvalue weighted by atomic mass is 15.1. The monoisotopic (exact) mass is 223 g/mol. The predicted octanol–water partition coefficient (Wildman–Crippen LogP) is 1.86. The molecule has 3 nitrogen and oxygen atoms in total. The van der Waals surface area contributed by atoms with Crippen LogP contribution >= 0.6 is 0 Å².